The van der Waals surface area contributed by atoms with Crippen LogP contribution in [-0.2, 0) is 42.7 Å². The lowest BCUT2D eigenvalue weighted by Gasteiger charge is -2.70. The first kappa shape index (κ1) is 50.7. The second-order valence-electron chi connectivity index (χ2n) is 23.5. The molecule has 3 aliphatic heterocycles. The van der Waals surface area contributed by atoms with Gasteiger partial charge in [0.1, 0.15) is 61.0 Å². The van der Waals surface area contributed by atoms with Gasteiger partial charge in [-0.25, -0.2) is 0 Å². The largest absolute Gasteiger partial charge is 0.469 e. The summed E-state index contributed by atoms with van der Waals surface area (Å²) < 4.78 is 42.4. The number of hydrogen-bond donors (Lipinski definition) is 8. The number of aliphatic hydroxyl groups excluding tert-OH is 8. The van der Waals surface area contributed by atoms with Crippen molar-refractivity contribution in [2.24, 2.45) is 50.2 Å². The number of methoxy groups -OCH3 is 1. The van der Waals surface area contributed by atoms with E-state index in [1.165, 1.54) is 26.5 Å². The molecule has 8 N–H and O–H groups in total. The van der Waals surface area contributed by atoms with E-state index in [9.17, 15) is 45.6 Å². The summed E-state index contributed by atoms with van der Waals surface area (Å²) in [4.78, 5) is 28.3. The first-order valence-corrected chi connectivity index (χ1v) is 24.4. The quantitative estimate of drug-likeness (QED) is 0.128. The Morgan fingerprint density at radius 1 is 0.682 bits per heavy atom. The molecule has 7 fully saturated rings. The van der Waals surface area contributed by atoms with Gasteiger partial charge in [0.2, 0.25) is 0 Å². The predicted molar refractivity (Wildman–Crippen MR) is 233 cm³/mol. The van der Waals surface area contributed by atoms with E-state index in [-0.39, 0.29) is 45.8 Å². The average Bonchev–Trinajstić information content (AvgIpc) is 3.26. The van der Waals surface area contributed by atoms with Crippen molar-refractivity contribution < 1.29 is 83.6 Å². The van der Waals surface area contributed by atoms with Crippen LogP contribution in [0.15, 0.2) is 11.6 Å². The zero-order chi connectivity index (χ0) is 48.4. The molecule has 0 aromatic carbocycles. The number of ketones is 1. The molecule has 17 nitrogen and oxygen atoms in total. The van der Waals surface area contributed by atoms with Gasteiger partial charge in [0, 0.05) is 5.92 Å². The van der Waals surface area contributed by atoms with Crippen LogP contribution in [0.2, 0.25) is 0 Å². The van der Waals surface area contributed by atoms with Gasteiger partial charge < -0.3 is 74.0 Å². The fourth-order valence-electron chi connectivity index (χ4n) is 15.0. The molecule has 0 aromatic heterocycles. The maximum atomic E-state index is 15.1. The van der Waals surface area contributed by atoms with Gasteiger partial charge in [-0.15, -0.1) is 0 Å². The molecule has 66 heavy (non-hydrogen) atoms. The zero-order valence-electron chi connectivity index (χ0n) is 40.4. The summed E-state index contributed by atoms with van der Waals surface area (Å²) in [5.74, 6) is -0.269. The molecule has 0 unspecified atom stereocenters. The highest BCUT2D eigenvalue weighted by Gasteiger charge is 2.71. The highest BCUT2D eigenvalue weighted by atomic mass is 16.8. The number of rotatable bonds is 8. The Morgan fingerprint density at radius 2 is 1.26 bits per heavy atom. The number of esters is 1. The van der Waals surface area contributed by atoms with Crippen LogP contribution in [0.3, 0.4) is 0 Å². The summed E-state index contributed by atoms with van der Waals surface area (Å²) in [6, 6.07) is 0. The van der Waals surface area contributed by atoms with Crippen LogP contribution in [-0.4, -0.2) is 165 Å². The van der Waals surface area contributed by atoms with Gasteiger partial charge in [-0.3, -0.25) is 9.59 Å². The van der Waals surface area contributed by atoms with Gasteiger partial charge in [-0.1, -0.05) is 47.1 Å². The van der Waals surface area contributed by atoms with E-state index in [0.29, 0.717) is 19.3 Å². The predicted octanol–water partition coefficient (Wildman–Crippen LogP) is 2.03. The fourth-order valence-corrected chi connectivity index (χ4v) is 15.0. The van der Waals surface area contributed by atoms with E-state index >= 15 is 4.79 Å². The molecular weight excluding hydrogens is 861 g/mol. The second kappa shape index (κ2) is 17.6. The molecule has 8 aliphatic rings. The van der Waals surface area contributed by atoms with Crippen LogP contribution < -0.4 is 0 Å². The Labute approximate surface area is 388 Å². The summed E-state index contributed by atoms with van der Waals surface area (Å²) in [6.07, 6.45) is -13.9. The maximum absolute atomic E-state index is 15.1. The van der Waals surface area contributed by atoms with Gasteiger partial charge in [0.25, 0.3) is 0 Å². The molecule has 3 heterocycles. The Balaban J connectivity index is 1.07. The SMILES string of the molecule is COC(=O)[C@@]1(C)CC[C@]2(C)CC[C@]3(C)C(=CC(=O)[C@@H]4[C@@]5(C)CC[C@H](O[C@@H]6O[C@H](CO)[C@@H](O[C@@H]7O[C@@H](C)[C@H](O)[C@@H](O)[C@H]7O)[C@H](O)[C@H]6O[C@@H]6O[C@@H](C)[C@H](O)[C@@H](O)[C@H]6O)C(C)(C)[C@@H]5CC[C@]43C)[C@@H]2C1. The second-order valence-corrected chi connectivity index (χ2v) is 23.5. The van der Waals surface area contributed by atoms with Gasteiger partial charge >= 0.3 is 5.97 Å². The van der Waals surface area contributed by atoms with Gasteiger partial charge in [0.05, 0.1) is 37.4 Å². The lowest BCUT2D eigenvalue weighted by atomic mass is 9.33. The first-order valence-electron chi connectivity index (χ1n) is 24.4. The lowest BCUT2D eigenvalue weighted by Crippen LogP contribution is -2.68. The van der Waals surface area contributed by atoms with Crippen molar-refractivity contribution in [2.75, 3.05) is 13.7 Å². The van der Waals surface area contributed by atoms with Gasteiger partial charge in [0.15, 0.2) is 24.7 Å². The van der Waals surface area contributed by atoms with Crippen molar-refractivity contribution in [1.29, 1.82) is 0 Å². The molecule has 8 rings (SSSR count). The third-order valence-electron chi connectivity index (χ3n) is 19.5. The number of fused-ring (bicyclic) bond motifs is 7. The van der Waals surface area contributed by atoms with E-state index < -0.39 is 121 Å². The standard InChI is InChI=1S/C49H78O17/c1-22-30(52)32(54)34(56)40(61-22)65-37-27(21-50)63-42(38(36(37)58)66-41-35(57)33(55)31(53)23(2)62-41)64-29-12-13-47(7)28(44(29,3)4)11-14-49(9)39(47)26(51)19-24-25-20-46(6,43(59)60-10)16-15-45(25,5)17-18-48(24,49)8/h19,22-23,25,27-42,50,52-58H,11-18,20-21H2,1-10H3/t22-,23-,25-,27+,28-,29-,30-,31-,32+,33+,34+,35+,36-,37+,38+,39+,40-,41-,42-,45+,46-,47-,48+,49+/m0/s1. The molecule has 4 saturated carbocycles. The Bertz CT molecular complexity index is 1860. The van der Waals surface area contributed by atoms with E-state index in [2.05, 4.69) is 41.5 Å². The maximum Gasteiger partial charge on any atom is 0.311 e. The zero-order valence-corrected chi connectivity index (χ0v) is 40.4. The molecule has 5 aliphatic carbocycles. The van der Waals surface area contributed by atoms with Gasteiger partial charge in [-0.05, 0) is 124 Å². The average molecular weight is 939 g/mol. The Kier molecular flexibility index (Phi) is 13.5. The smallest absolute Gasteiger partial charge is 0.311 e. The monoisotopic (exact) mass is 939 g/mol. The summed E-state index contributed by atoms with van der Waals surface area (Å²) in [5.41, 5.74) is -1.11. The fraction of sp³-hybridized carbons (Fsp3) is 0.918. The molecule has 0 aromatic rings. The lowest BCUT2D eigenvalue weighted by molar-refractivity contribution is -0.393. The van der Waals surface area contributed by atoms with E-state index in [0.717, 1.165) is 38.5 Å². The molecule has 376 valence electrons. The van der Waals surface area contributed by atoms with Crippen LogP contribution in [0.25, 0.3) is 0 Å². The minimum absolute atomic E-state index is 0.0113. The molecule has 0 spiro atoms. The minimum Gasteiger partial charge on any atom is -0.469 e. The molecule has 3 saturated heterocycles. The number of carbonyl (C=O) groups is 2. The molecule has 0 radical (unpaired) electrons. The van der Waals surface area contributed by atoms with Crippen LogP contribution in [0.1, 0.15) is 120 Å². The van der Waals surface area contributed by atoms with E-state index in [1.54, 1.807) is 0 Å². The van der Waals surface area contributed by atoms with Crippen molar-refractivity contribution in [2.45, 2.75) is 218 Å². The van der Waals surface area contributed by atoms with Crippen LogP contribution in [0.5, 0.6) is 0 Å². The summed E-state index contributed by atoms with van der Waals surface area (Å²) in [7, 11) is 1.45. The summed E-state index contributed by atoms with van der Waals surface area (Å²) >= 11 is 0. The topological polar surface area (TPSA) is 261 Å². The molecule has 0 amide bonds. The molecule has 17 heteroatoms. The van der Waals surface area contributed by atoms with Crippen molar-refractivity contribution in [1.82, 2.24) is 0 Å². The number of carbonyl (C=O) groups excluding carboxylic acids is 2. The minimum atomic E-state index is -1.76. The third-order valence-corrected chi connectivity index (χ3v) is 19.5. The summed E-state index contributed by atoms with van der Waals surface area (Å²) in [6.45, 7) is 17.8. The Morgan fingerprint density at radius 3 is 1.83 bits per heavy atom. The number of allylic oxidation sites excluding steroid dienone is 2. The Hall–Kier alpha value is -1.68. The molecular formula is C49H78O17. The van der Waals surface area contributed by atoms with Crippen LogP contribution in [0, 0.1) is 50.2 Å². The highest BCUT2D eigenvalue weighted by Crippen LogP contribution is 2.75. The van der Waals surface area contributed by atoms with Crippen molar-refractivity contribution >= 4 is 11.8 Å². The van der Waals surface area contributed by atoms with Crippen molar-refractivity contribution in [3.63, 3.8) is 0 Å². The third kappa shape index (κ3) is 7.71. The van der Waals surface area contributed by atoms with E-state index in [1.807, 2.05) is 13.0 Å². The normalized spacial score (nSPS) is 54.8. The number of hydrogen-bond acceptors (Lipinski definition) is 17. The first-order chi connectivity index (χ1) is 30.7. The molecule has 24 atom stereocenters. The van der Waals surface area contributed by atoms with Crippen molar-refractivity contribution in [3.05, 3.63) is 11.6 Å². The highest BCUT2D eigenvalue weighted by molar-refractivity contribution is 5.95. The molecule has 0 bridgehead atoms. The van der Waals surface area contributed by atoms with Crippen LogP contribution >= 0.6 is 0 Å². The van der Waals surface area contributed by atoms with E-state index in [4.69, 9.17) is 33.2 Å². The van der Waals surface area contributed by atoms with Crippen molar-refractivity contribution in [3.8, 4) is 0 Å². The van der Waals surface area contributed by atoms with Gasteiger partial charge in [-0.2, -0.15) is 0 Å². The summed E-state index contributed by atoms with van der Waals surface area (Å²) in [5, 5.41) is 86.7. The number of ether oxygens (including phenoxy) is 7. The number of aliphatic hydroxyl groups is 8. The van der Waals surface area contributed by atoms with Crippen LogP contribution in [0.4, 0.5) is 0 Å².